The van der Waals surface area contributed by atoms with Crippen molar-refractivity contribution in [3.05, 3.63) is 60.8 Å². The second kappa shape index (κ2) is 39.4. The Kier molecular flexibility index (Phi) is 37.7. The van der Waals surface area contributed by atoms with Crippen LogP contribution in [-0.4, -0.2) is 49.3 Å². The van der Waals surface area contributed by atoms with E-state index in [1.165, 1.54) is 64.2 Å². The third kappa shape index (κ3) is 39.2. The number of carbonyl (C=O) groups excluding carboxylic acids is 2. The van der Waals surface area contributed by atoms with E-state index in [9.17, 15) is 19.0 Å². The van der Waals surface area contributed by atoms with Crippen molar-refractivity contribution in [3.63, 3.8) is 0 Å². The summed E-state index contributed by atoms with van der Waals surface area (Å²) >= 11 is 0. The van der Waals surface area contributed by atoms with Gasteiger partial charge in [-0.15, -0.1) is 0 Å². The molecule has 0 radical (unpaired) electrons. The predicted molar refractivity (Wildman–Crippen MR) is 219 cm³/mol. The fourth-order valence-electron chi connectivity index (χ4n) is 5.27. The molecule has 0 aliphatic heterocycles. The second-order valence-electron chi connectivity index (χ2n) is 13.5. The van der Waals surface area contributed by atoms with Gasteiger partial charge in [-0.2, -0.15) is 0 Å². The molecule has 9 nitrogen and oxygen atoms in total. The summed E-state index contributed by atoms with van der Waals surface area (Å²) in [6, 6.07) is 0. The van der Waals surface area contributed by atoms with E-state index < -0.39 is 32.5 Å². The van der Waals surface area contributed by atoms with Crippen LogP contribution in [0.4, 0.5) is 0 Å². The maximum absolute atomic E-state index is 12.5. The Morgan fingerprint density at radius 3 is 1.55 bits per heavy atom. The second-order valence-corrected chi connectivity index (χ2v) is 14.9. The first-order chi connectivity index (χ1) is 25.8. The molecule has 53 heavy (non-hydrogen) atoms. The van der Waals surface area contributed by atoms with Crippen molar-refractivity contribution in [1.82, 2.24) is 0 Å². The van der Waals surface area contributed by atoms with Crippen LogP contribution in [0.2, 0.25) is 0 Å². The summed E-state index contributed by atoms with van der Waals surface area (Å²) < 4.78 is 32.7. The van der Waals surface area contributed by atoms with Gasteiger partial charge in [0.05, 0.1) is 13.2 Å². The third-order valence-electron chi connectivity index (χ3n) is 8.38. The van der Waals surface area contributed by atoms with Gasteiger partial charge < -0.3 is 20.1 Å². The first kappa shape index (κ1) is 50.7. The summed E-state index contributed by atoms with van der Waals surface area (Å²) in [7, 11) is -4.39. The van der Waals surface area contributed by atoms with Crippen LogP contribution in [0.25, 0.3) is 0 Å². The molecule has 0 saturated heterocycles. The molecule has 0 aliphatic carbocycles. The van der Waals surface area contributed by atoms with Crippen LogP contribution in [0.5, 0.6) is 0 Å². The van der Waals surface area contributed by atoms with Crippen LogP contribution < -0.4 is 5.73 Å². The van der Waals surface area contributed by atoms with Crippen LogP contribution in [0.15, 0.2) is 60.8 Å². The molecule has 0 amide bonds. The van der Waals surface area contributed by atoms with Gasteiger partial charge in [-0.1, -0.05) is 139 Å². The minimum atomic E-state index is -4.39. The standard InChI is InChI=1S/C43H76NO8P/c1-3-5-7-9-11-13-15-17-19-20-22-23-25-27-29-31-33-35-42(45)49-39-41(40-51-53(47,48)50-38-37-44)52-43(46)36-34-32-30-28-26-24-21-18-16-14-12-10-8-6-4-2/h12,14,17-19,21-23,27,29,41H,3-11,13,15-16,20,24-26,28,30-40,44H2,1-2H3,(H,47,48)/t41-/m1/s1. The number of nitrogens with two attached hydrogens (primary N) is 1. The number of unbranched alkanes of at least 4 members (excludes halogenated alkanes) is 15. The van der Waals surface area contributed by atoms with E-state index in [0.29, 0.717) is 12.8 Å². The topological polar surface area (TPSA) is 134 Å². The highest BCUT2D eigenvalue weighted by atomic mass is 31.2. The van der Waals surface area contributed by atoms with E-state index in [4.69, 9.17) is 24.3 Å². The molecule has 0 bridgehead atoms. The van der Waals surface area contributed by atoms with Gasteiger partial charge in [-0.3, -0.25) is 18.6 Å². The van der Waals surface area contributed by atoms with Gasteiger partial charge in [0, 0.05) is 19.4 Å². The number of esters is 2. The molecular formula is C43H76NO8P. The molecule has 0 fully saturated rings. The van der Waals surface area contributed by atoms with Gasteiger partial charge >= 0.3 is 19.8 Å². The lowest BCUT2D eigenvalue weighted by Gasteiger charge is -2.19. The van der Waals surface area contributed by atoms with Crippen LogP contribution in [0, 0.1) is 0 Å². The molecule has 0 aromatic carbocycles. The van der Waals surface area contributed by atoms with Crippen molar-refractivity contribution in [3.8, 4) is 0 Å². The number of rotatable bonds is 38. The number of ether oxygens (including phenoxy) is 2. The van der Waals surface area contributed by atoms with Crippen LogP contribution in [0.1, 0.15) is 168 Å². The maximum Gasteiger partial charge on any atom is 0.472 e. The highest BCUT2D eigenvalue weighted by Gasteiger charge is 2.25. The lowest BCUT2D eigenvalue weighted by atomic mass is 10.1. The summed E-state index contributed by atoms with van der Waals surface area (Å²) in [6.45, 7) is 3.61. The molecule has 10 heteroatoms. The molecule has 0 saturated carbocycles. The third-order valence-corrected chi connectivity index (χ3v) is 9.36. The summed E-state index contributed by atoms with van der Waals surface area (Å²) in [4.78, 5) is 34.8. The minimum absolute atomic E-state index is 0.0420. The average Bonchev–Trinajstić information content (AvgIpc) is 3.14. The van der Waals surface area contributed by atoms with Gasteiger partial charge in [-0.05, 0) is 77.0 Å². The highest BCUT2D eigenvalue weighted by Crippen LogP contribution is 2.43. The fourth-order valence-corrected chi connectivity index (χ4v) is 6.03. The van der Waals surface area contributed by atoms with Crippen molar-refractivity contribution in [2.75, 3.05) is 26.4 Å². The van der Waals surface area contributed by atoms with Crippen molar-refractivity contribution in [1.29, 1.82) is 0 Å². The lowest BCUT2D eigenvalue weighted by molar-refractivity contribution is -0.161. The molecule has 3 N–H and O–H groups in total. The first-order valence-electron chi connectivity index (χ1n) is 20.8. The molecule has 306 valence electrons. The number of hydrogen-bond acceptors (Lipinski definition) is 8. The van der Waals surface area contributed by atoms with E-state index in [1.807, 2.05) is 0 Å². The maximum atomic E-state index is 12.5. The highest BCUT2D eigenvalue weighted by molar-refractivity contribution is 7.47. The van der Waals surface area contributed by atoms with Crippen molar-refractivity contribution in [2.24, 2.45) is 5.73 Å². The molecular weight excluding hydrogens is 689 g/mol. The van der Waals surface area contributed by atoms with Crippen molar-refractivity contribution >= 4 is 19.8 Å². The van der Waals surface area contributed by atoms with Gasteiger partial charge in [-0.25, -0.2) is 4.57 Å². The molecule has 2 atom stereocenters. The average molecular weight is 766 g/mol. The molecule has 0 rings (SSSR count). The number of carbonyl (C=O) groups is 2. The summed E-state index contributed by atoms with van der Waals surface area (Å²) in [5, 5.41) is 0. The van der Waals surface area contributed by atoms with Crippen molar-refractivity contribution < 1.29 is 37.6 Å². The summed E-state index contributed by atoms with van der Waals surface area (Å²) in [5.74, 6) is -0.910. The zero-order valence-electron chi connectivity index (χ0n) is 33.5. The quantitative estimate of drug-likeness (QED) is 0.0272. The minimum Gasteiger partial charge on any atom is -0.462 e. The van der Waals surface area contributed by atoms with Crippen LogP contribution in [-0.2, 0) is 32.7 Å². The van der Waals surface area contributed by atoms with E-state index in [2.05, 4.69) is 74.6 Å². The van der Waals surface area contributed by atoms with Gasteiger partial charge in [0.1, 0.15) is 6.61 Å². The number of allylic oxidation sites excluding steroid dienone is 10. The van der Waals surface area contributed by atoms with E-state index in [-0.39, 0.29) is 32.6 Å². The normalized spacial score (nSPS) is 14.0. The Balaban J connectivity index is 4.30. The Labute approximate surface area is 323 Å². The van der Waals surface area contributed by atoms with Gasteiger partial charge in [0.2, 0.25) is 0 Å². The number of phosphoric ester groups is 1. The number of phosphoric acid groups is 1. The Hall–Kier alpha value is -2.29. The molecule has 0 spiro atoms. The molecule has 0 aliphatic rings. The Bertz CT molecular complexity index is 1050. The van der Waals surface area contributed by atoms with E-state index in [1.54, 1.807) is 0 Å². The molecule has 1 unspecified atom stereocenters. The Morgan fingerprint density at radius 2 is 1.00 bits per heavy atom. The first-order valence-corrected chi connectivity index (χ1v) is 22.3. The van der Waals surface area contributed by atoms with E-state index in [0.717, 1.165) is 64.2 Å². The van der Waals surface area contributed by atoms with Crippen molar-refractivity contribution in [2.45, 2.75) is 174 Å². The van der Waals surface area contributed by atoms with Crippen LogP contribution in [0.3, 0.4) is 0 Å². The monoisotopic (exact) mass is 766 g/mol. The molecule has 0 aromatic heterocycles. The summed E-state index contributed by atoms with van der Waals surface area (Å²) in [6.07, 6.45) is 45.4. The largest absolute Gasteiger partial charge is 0.472 e. The molecule has 0 heterocycles. The SMILES string of the molecule is CCCCCC=CCC=CCCCCCCCC(=O)O[C@H](COC(=O)CCCC=CCC=CCC=CCCCCCCCC)COP(=O)(O)OCCN. The smallest absolute Gasteiger partial charge is 0.462 e. The Morgan fingerprint density at radius 1 is 0.566 bits per heavy atom. The fraction of sp³-hybridized carbons (Fsp3) is 0.721. The van der Waals surface area contributed by atoms with Crippen LogP contribution >= 0.6 is 7.82 Å². The number of hydrogen-bond donors (Lipinski definition) is 2. The zero-order valence-corrected chi connectivity index (χ0v) is 34.4. The van der Waals surface area contributed by atoms with Gasteiger partial charge in [0.15, 0.2) is 6.10 Å². The lowest BCUT2D eigenvalue weighted by Crippen LogP contribution is -2.29. The summed E-state index contributed by atoms with van der Waals surface area (Å²) in [5.41, 5.74) is 5.34. The zero-order chi connectivity index (χ0) is 38.9. The van der Waals surface area contributed by atoms with Gasteiger partial charge in [0.25, 0.3) is 0 Å². The predicted octanol–water partition coefficient (Wildman–Crippen LogP) is 11.7. The molecule has 0 aromatic rings. The van der Waals surface area contributed by atoms with E-state index >= 15 is 0 Å².